The van der Waals surface area contributed by atoms with Gasteiger partial charge in [0.1, 0.15) is 12.2 Å². The van der Waals surface area contributed by atoms with E-state index < -0.39 is 24.6 Å². The number of rotatable bonds is 10. The highest BCUT2D eigenvalue weighted by atomic mass is 16.7. The van der Waals surface area contributed by atoms with Crippen LogP contribution in [0.3, 0.4) is 0 Å². The van der Waals surface area contributed by atoms with E-state index in [1.165, 1.54) is 0 Å². The molecule has 33 heavy (non-hydrogen) atoms. The summed E-state index contributed by atoms with van der Waals surface area (Å²) in [5, 5.41) is 11.1. The standard InChI is InChI=1S/C28H32O5/c1-21-27(31-18-23-13-7-3-8-14-23)26(29)25(20-30-17-22-11-5-2-6-12-22)33-28(21)32-19-24-15-9-4-10-16-24/h2-16,21,25-29H,17-20H2,1H3/t21?,25?,26-,27+,28-/m1/s1. The van der Waals surface area contributed by atoms with Crippen molar-refractivity contribution < 1.29 is 24.1 Å². The van der Waals surface area contributed by atoms with Crippen molar-refractivity contribution in [2.24, 2.45) is 5.92 Å². The fourth-order valence-electron chi connectivity index (χ4n) is 4.02. The van der Waals surface area contributed by atoms with Gasteiger partial charge in [-0.2, -0.15) is 0 Å². The second kappa shape index (κ2) is 12.1. The molecular formula is C28H32O5. The minimum absolute atomic E-state index is 0.155. The zero-order valence-corrected chi connectivity index (χ0v) is 19.0. The molecule has 1 saturated heterocycles. The predicted molar refractivity (Wildman–Crippen MR) is 126 cm³/mol. The van der Waals surface area contributed by atoms with Crippen LogP contribution in [0.2, 0.25) is 0 Å². The Bertz CT molecular complexity index is 934. The first kappa shape index (κ1) is 23.6. The lowest BCUT2D eigenvalue weighted by molar-refractivity contribution is -0.296. The summed E-state index contributed by atoms with van der Waals surface area (Å²) < 4.78 is 24.4. The Balaban J connectivity index is 1.41. The molecule has 0 radical (unpaired) electrons. The van der Waals surface area contributed by atoms with Gasteiger partial charge in [-0.05, 0) is 16.7 Å². The van der Waals surface area contributed by atoms with Crippen molar-refractivity contribution in [2.75, 3.05) is 6.61 Å². The first-order valence-corrected chi connectivity index (χ1v) is 11.5. The average Bonchev–Trinajstić information content (AvgIpc) is 2.86. The van der Waals surface area contributed by atoms with Crippen LogP contribution in [0, 0.1) is 5.92 Å². The fraction of sp³-hybridized carbons (Fsp3) is 0.357. The molecular weight excluding hydrogens is 416 g/mol. The van der Waals surface area contributed by atoms with Crippen LogP contribution < -0.4 is 0 Å². The highest BCUT2D eigenvalue weighted by molar-refractivity contribution is 5.15. The number of ether oxygens (including phenoxy) is 4. The van der Waals surface area contributed by atoms with Crippen molar-refractivity contribution in [3.05, 3.63) is 108 Å². The molecule has 1 N–H and O–H groups in total. The molecule has 1 aliphatic heterocycles. The highest BCUT2D eigenvalue weighted by Gasteiger charge is 2.44. The molecule has 3 aromatic rings. The van der Waals surface area contributed by atoms with Crippen molar-refractivity contribution in [1.82, 2.24) is 0 Å². The van der Waals surface area contributed by atoms with Gasteiger partial charge in [0.15, 0.2) is 6.29 Å². The lowest BCUT2D eigenvalue weighted by Crippen LogP contribution is -2.56. The topological polar surface area (TPSA) is 57.2 Å². The summed E-state index contributed by atoms with van der Waals surface area (Å²) in [4.78, 5) is 0. The molecule has 5 atom stereocenters. The number of aliphatic hydroxyl groups is 1. The normalized spacial score (nSPS) is 25.1. The van der Waals surface area contributed by atoms with Crippen LogP contribution in [0.1, 0.15) is 23.6 Å². The Morgan fingerprint density at radius 1 is 0.697 bits per heavy atom. The van der Waals surface area contributed by atoms with Gasteiger partial charge in [-0.25, -0.2) is 0 Å². The lowest BCUT2D eigenvalue weighted by atomic mass is 9.92. The molecule has 0 amide bonds. The molecule has 1 heterocycles. The van der Waals surface area contributed by atoms with E-state index in [9.17, 15) is 5.11 Å². The zero-order chi connectivity index (χ0) is 22.9. The van der Waals surface area contributed by atoms with Crippen LogP contribution in [-0.2, 0) is 38.8 Å². The van der Waals surface area contributed by atoms with Gasteiger partial charge in [-0.1, -0.05) is 97.9 Å². The second-order valence-corrected chi connectivity index (χ2v) is 8.45. The third kappa shape index (κ3) is 6.73. The molecule has 0 aliphatic carbocycles. The molecule has 1 aliphatic rings. The molecule has 0 bridgehead atoms. The third-order valence-electron chi connectivity index (χ3n) is 5.91. The summed E-state index contributed by atoms with van der Waals surface area (Å²) in [5.74, 6) is -0.155. The Labute approximate surface area is 195 Å². The van der Waals surface area contributed by atoms with E-state index in [-0.39, 0.29) is 12.5 Å². The first-order valence-electron chi connectivity index (χ1n) is 11.5. The molecule has 1 fully saturated rings. The van der Waals surface area contributed by atoms with Crippen LogP contribution >= 0.6 is 0 Å². The van der Waals surface area contributed by atoms with E-state index in [0.29, 0.717) is 19.8 Å². The van der Waals surface area contributed by atoms with Gasteiger partial charge in [0.25, 0.3) is 0 Å². The predicted octanol–water partition coefficient (Wildman–Crippen LogP) is 4.73. The maximum absolute atomic E-state index is 11.1. The molecule has 3 aromatic carbocycles. The summed E-state index contributed by atoms with van der Waals surface area (Å²) in [7, 11) is 0. The summed E-state index contributed by atoms with van der Waals surface area (Å²) >= 11 is 0. The van der Waals surface area contributed by atoms with Gasteiger partial charge >= 0.3 is 0 Å². The van der Waals surface area contributed by atoms with Crippen LogP contribution in [0.15, 0.2) is 91.0 Å². The molecule has 4 rings (SSSR count). The Kier molecular flexibility index (Phi) is 8.64. The third-order valence-corrected chi connectivity index (χ3v) is 5.91. The van der Waals surface area contributed by atoms with Gasteiger partial charge in [-0.15, -0.1) is 0 Å². The monoisotopic (exact) mass is 448 g/mol. The van der Waals surface area contributed by atoms with Crippen LogP contribution in [0.25, 0.3) is 0 Å². The van der Waals surface area contributed by atoms with Crippen molar-refractivity contribution in [2.45, 2.75) is 51.3 Å². The van der Waals surface area contributed by atoms with Crippen molar-refractivity contribution in [1.29, 1.82) is 0 Å². The quantitative estimate of drug-likeness (QED) is 0.486. The Morgan fingerprint density at radius 2 is 1.18 bits per heavy atom. The molecule has 5 heteroatoms. The van der Waals surface area contributed by atoms with E-state index in [2.05, 4.69) is 0 Å². The van der Waals surface area contributed by atoms with E-state index >= 15 is 0 Å². The number of benzene rings is 3. The fourth-order valence-corrected chi connectivity index (χ4v) is 4.02. The lowest BCUT2D eigenvalue weighted by Gasteiger charge is -2.43. The number of hydrogen-bond donors (Lipinski definition) is 1. The highest BCUT2D eigenvalue weighted by Crippen LogP contribution is 2.30. The SMILES string of the molecule is CC1[C@H](OCc2ccccc2)OC(COCc2ccccc2)[C@@H](O)[C@H]1OCc1ccccc1. The van der Waals surface area contributed by atoms with E-state index in [1.54, 1.807) is 0 Å². The minimum Gasteiger partial charge on any atom is -0.388 e. The minimum atomic E-state index is -0.823. The second-order valence-electron chi connectivity index (χ2n) is 8.45. The Morgan fingerprint density at radius 3 is 1.73 bits per heavy atom. The summed E-state index contributed by atoms with van der Waals surface area (Å²) in [6.45, 7) is 3.54. The van der Waals surface area contributed by atoms with Crippen LogP contribution in [-0.4, -0.2) is 36.3 Å². The van der Waals surface area contributed by atoms with Gasteiger partial charge in [0.05, 0.1) is 32.5 Å². The molecule has 0 saturated carbocycles. The van der Waals surface area contributed by atoms with Crippen molar-refractivity contribution in [3.8, 4) is 0 Å². The maximum Gasteiger partial charge on any atom is 0.163 e. The summed E-state index contributed by atoms with van der Waals surface area (Å²) in [6, 6.07) is 29.9. The van der Waals surface area contributed by atoms with E-state index in [4.69, 9.17) is 18.9 Å². The molecule has 174 valence electrons. The molecule has 0 aromatic heterocycles. The zero-order valence-electron chi connectivity index (χ0n) is 19.0. The van der Waals surface area contributed by atoms with Crippen molar-refractivity contribution >= 4 is 0 Å². The van der Waals surface area contributed by atoms with Crippen LogP contribution in [0.5, 0.6) is 0 Å². The van der Waals surface area contributed by atoms with Gasteiger partial charge in [0, 0.05) is 5.92 Å². The molecule has 5 nitrogen and oxygen atoms in total. The maximum atomic E-state index is 11.1. The Hall–Kier alpha value is -2.54. The van der Waals surface area contributed by atoms with Gasteiger partial charge in [-0.3, -0.25) is 0 Å². The summed E-state index contributed by atoms with van der Waals surface area (Å²) in [6.07, 6.45) is -2.33. The first-order chi connectivity index (χ1) is 16.2. The van der Waals surface area contributed by atoms with E-state index in [1.807, 2.05) is 97.9 Å². The van der Waals surface area contributed by atoms with Crippen molar-refractivity contribution in [3.63, 3.8) is 0 Å². The van der Waals surface area contributed by atoms with Crippen LogP contribution in [0.4, 0.5) is 0 Å². The summed E-state index contributed by atoms with van der Waals surface area (Å²) in [5.41, 5.74) is 3.20. The smallest absolute Gasteiger partial charge is 0.163 e. The number of aliphatic hydroxyl groups excluding tert-OH is 1. The van der Waals surface area contributed by atoms with Gasteiger partial charge in [0.2, 0.25) is 0 Å². The van der Waals surface area contributed by atoms with E-state index in [0.717, 1.165) is 16.7 Å². The van der Waals surface area contributed by atoms with Gasteiger partial charge < -0.3 is 24.1 Å². The number of hydrogen-bond acceptors (Lipinski definition) is 5. The molecule has 2 unspecified atom stereocenters. The average molecular weight is 449 g/mol. The molecule has 0 spiro atoms. The largest absolute Gasteiger partial charge is 0.388 e.